The monoisotopic (exact) mass is 622 g/mol. The van der Waals surface area contributed by atoms with Crippen LogP contribution in [0.1, 0.15) is 46.9 Å². The summed E-state index contributed by atoms with van der Waals surface area (Å²) in [6, 6.07) is 7.21. The van der Waals surface area contributed by atoms with Crippen molar-refractivity contribution in [2.75, 3.05) is 37.7 Å². The lowest BCUT2D eigenvalue weighted by Crippen LogP contribution is -2.64. The molecule has 7 rings (SSSR count). The molecule has 0 radical (unpaired) electrons. The van der Waals surface area contributed by atoms with Crippen LogP contribution in [0.2, 0.25) is 0 Å². The highest BCUT2D eigenvalue weighted by molar-refractivity contribution is 7.22. The van der Waals surface area contributed by atoms with Crippen molar-refractivity contribution in [3.63, 3.8) is 0 Å². The number of carbonyl (C=O) groups is 2. The van der Waals surface area contributed by atoms with E-state index in [4.69, 9.17) is 19.2 Å². The van der Waals surface area contributed by atoms with Crippen LogP contribution in [0.5, 0.6) is 5.75 Å². The van der Waals surface area contributed by atoms with E-state index in [1.54, 1.807) is 19.2 Å². The van der Waals surface area contributed by atoms with Gasteiger partial charge in [0, 0.05) is 26.0 Å². The number of hydrogen-bond donors (Lipinski definition) is 2. The third-order valence-electron chi connectivity index (χ3n) is 8.35. The second kappa shape index (κ2) is 10.3. The lowest BCUT2D eigenvalue weighted by atomic mass is 9.68. The number of thiazole rings is 1. The van der Waals surface area contributed by atoms with Crippen LogP contribution in [0.25, 0.3) is 10.2 Å². The van der Waals surface area contributed by atoms with Crippen LogP contribution >= 0.6 is 20.6 Å². The Labute approximate surface area is 246 Å². The zero-order chi connectivity index (χ0) is 30.0. The van der Waals surface area contributed by atoms with E-state index in [9.17, 15) is 22.8 Å². The van der Waals surface area contributed by atoms with Gasteiger partial charge in [0.15, 0.2) is 5.13 Å². The zero-order valence-electron chi connectivity index (χ0n) is 23.1. The maximum absolute atomic E-state index is 14.4. The smallest absolute Gasteiger partial charge is 0.287 e. The Balaban J connectivity index is 1.28. The molecule has 2 aromatic carbocycles. The summed E-state index contributed by atoms with van der Waals surface area (Å²) in [4.78, 5) is 34.0. The lowest BCUT2D eigenvalue weighted by molar-refractivity contribution is -0.145. The van der Waals surface area contributed by atoms with E-state index in [-0.39, 0.29) is 54.1 Å². The summed E-state index contributed by atoms with van der Waals surface area (Å²) in [6.45, 7) is 2.57. The Kier molecular flexibility index (Phi) is 7.15. The number of nitrogens with zero attached hydrogens (tertiary/aromatic N) is 2. The predicted octanol–water partition coefficient (Wildman–Crippen LogP) is 4.81. The van der Waals surface area contributed by atoms with Gasteiger partial charge in [-0.15, -0.1) is 0 Å². The topological polar surface area (TPSA) is 102 Å². The summed E-state index contributed by atoms with van der Waals surface area (Å²) in [5.74, 6) is -1.65. The average molecular weight is 623 g/mol. The number of carbonyl (C=O) groups excluding carboxylic acids is 2. The molecule has 42 heavy (non-hydrogen) atoms. The van der Waals surface area contributed by atoms with Crippen LogP contribution in [0, 0.1) is 5.82 Å². The van der Waals surface area contributed by atoms with Gasteiger partial charge in [0.05, 0.1) is 53.4 Å². The van der Waals surface area contributed by atoms with E-state index < -0.39 is 34.4 Å². The first kappa shape index (κ1) is 29.1. The molecule has 3 aliphatic heterocycles. The van der Waals surface area contributed by atoms with Crippen molar-refractivity contribution in [3.05, 3.63) is 47.3 Å². The quantitative estimate of drug-likeness (QED) is 0.331. The minimum atomic E-state index is -3.14. The fraction of sp³-hybridized carbons (Fsp3) is 0.464. The van der Waals surface area contributed by atoms with Crippen molar-refractivity contribution < 1.29 is 37.0 Å². The summed E-state index contributed by atoms with van der Waals surface area (Å²) in [7, 11) is 4.59. The van der Waals surface area contributed by atoms with E-state index in [0.29, 0.717) is 16.8 Å². The fourth-order valence-electron chi connectivity index (χ4n) is 6.28. The van der Waals surface area contributed by atoms with Crippen molar-refractivity contribution in [2.24, 2.45) is 0 Å². The van der Waals surface area contributed by atoms with Crippen LogP contribution < -0.4 is 20.3 Å². The van der Waals surface area contributed by atoms with E-state index in [0.717, 1.165) is 23.7 Å². The maximum atomic E-state index is 14.4. The largest absolute Gasteiger partial charge is 0.496 e. The van der Waals surface area contributed by atoms with Crippen LogP contribution in [-0.4, -0.2) is 73.1 Å². The van der Waals surface area contributed by atoms with Gasteiger partial charge in [-0.25, -0.2) is 9.37 Å². The maximum Gasteiger partial charge on any atom is 0.287 e. The van der Waals surface area contributed by atoms with Crippen molar-refractivity contribution in [1.82, 2.24) is 10.3 Å². The molecule has 2 amide bonds. The SMILES string of the molecule is COCC1CC(C)N1c1nc2ccc(OC)c(C(=O)Nc3cc(F)ccc3C(=O)NC34COC(C(F)(F)P)(C3)C4)c2s1. The molecule has 4 heterocycles. The number of aromatic nitrogens is 1. The van der Waals surface area contributed by atoms with E-state index in [1.807, 2.05) is 0 Å². The normalized spacial score (nSPS) is 26.5. The molecule has 1 saturated carbocycles. The van der Waals surface area contributed by atoms with Gasteiger partial charge in [0.2, 0.25) is 0 Å². The highest BCUT2D eigenvalue weighted by Crippen LogP contribution is 2.60. The highest BCUT2D eigenvalue weighted by atomic mass is 32.1. The van der Waals surface area contributed by atoms with Gasteiger partial charge >= 0.3 is 0 Å². The second-order valence-corrected chi connectivity index (χ2v) is 12.9. The number of methoxy groups -OCH3 is 2. The zero-order valence-corrected chi connectivity index (χ0v) is 25.1. The minimum Gasteiger partial charge on any atom is -0.496 e. The Morgan fingerprint density at radius 2 is 2.00 bits per heavy atom. The first-order valence-electron chi connectivity index (χ1n) is 13.4. The number of halogens is 3. The van der Waals surface area contributed by atoms with E-state index in [1.165, 1.54) is 33.8 Å². The molecule has 4 fully saturated rings. The van der Waals surface area contributed by atoms with Gasteiger partial charge in [0.1, 0.15) is 22.7 Å². The van der Waals surface area contributed by atoms with Gasteiger partial charge < -0.3 is 29.7 Å². The van der Waals surface area contributed by atoms with Crippen molar-refractivity contribution in [3.8, 4) is 5.75 Å². The number of fused-ring (bicyclic) bond motifs is 2. The number of ether oxygens (including phenoxy) is 3. The molecule has 2 N–H and O–H groups in total. The summed E-state index contributed by atoms with van der Waals surface area (Å²) in [6.07, 6.45) is 0.844. The van der Waals surface area contributed by atoms with Crippen LogP contribution in [0.15, 0.2) is 30.3 Å². The molecule has 9 nitrogen and oxygen atoms in total. The van der Waals surface area contributed by atoms with Crippen LogP contribution in [0.4, 0.5) is 24.0 Å². The number of rotatable bonds is 9. The number of nitrogens with one attached hydrogen (secondary N) is 2. The third-order valence-corrected chi connectivity index (χ3v) is 9.98. The third kappa shape index (κ3) is 4.70. The molecule has 1 aliphatic carbocycles. The summed E-state index contributed by atoms with van der Waals surface area (Å²) < 4.78 is 59.2. The molecule has 4 aliphatic rings. The van der Waals surface area contributed by atoms with Gasteiger partial charge in [0.25, 0.3) is 17.5 Å². The minimum absolute atomic E-state index is 0.0193. The van der Waals surface area contributed by atoms with Crippen molar-refractivity contribution in [2.45, 2.75) is 55.1 Å². The average Bonchev–Trinajstić information content (AvgIpc) is 3.59. The Hall–Kier alpha value is -2.99. The van der Waals surface area contributed by atoms with Gasteiger partial charge in [-0.1, -0.05) is 20.6 Å². The first-order chi connectivity index (χ1) is 19.9. The number of benzene rings is 2. The summed E-state index contributed by atoms with van der Waals surface area (Å²) in [5, 5.41) is 6.19. The van der Waals surface area contributed by atoms with Gasteiger partial charge in [-0.2, -0.15) is 8.78 Å². The number of amides is 2. The van der Waals surface area contributed by atoms with Crippen LogP contribution in [-0.2, 0) is 9.47 Å². The first-order valence-corrected chi connectivity index (χ1v) is 14.8. The summed E-state index contributed by atoms with van der Waals surface area (Å²) >= 11 is 1.34. The van der Waals surface area contributed by atoms with Crippen molar-refractivity contribution in [1.29, 1.82) is 0 Å². The molecule has 1 aromatic heterocycles. The van der Waals surface area contributed by atoms with E-state index >= 15 is 0 Å². The number of alkyl halides is 2. The fourth-order valence-corrected chi connectivity index (χ4v) is 7.84. The number of hydrogen-bond acceptors (Lipinski definition) is 8. The summed E-state index contributed by atoms with van der Waals surface area (Å²) in [5.41, 5.74) is -5.04. The molecule has 224 valence electrons. The Bertz CT molecular complexity index is 1570. The highest BCUT2D eigenvalue weighted by Gasteiger charge is 2.72. The molecular weight excluding hydrogens is 592 g/mol. The molecule has 3 saturated heterocycles. The molecule has 2 bridgehead atoms. The van der Waals surface area contributed by atoms with Crippen LogP contribution in [0.3, 0.4) is 0 Å². The second-order valence-electron chi connectivity index (χ2n) is 11.2. The standard InChI is InChI=1S/C28H30F3N4O5PS/c1-14-8-16(10-38-2)35(14)25-33-18-6-7-20(39-3)21(22(18)42-25)24(37)32-19-9-15(29)4-5-17(19)23(36)34-26-11-27(12-26,40-13-26)28(30,31)41/h4-7,9,14,16H,8,10-13,41H2,1-3H3,(H,32,37)(H,34,36). The number of anilines is 2. The van der Waals surface area contributed by atoms with Gasteiger partial charge in [-0.05, 0) is 43.7 Å². The lowest BCUT2D eigenvalue weighted by Gasteiger charge is -2.47. The Morgan fingerprint density at radius 1 is 1.24 bits per heavy atom. The molecular formula is C28H30F3N4O5PS. The predicted molar refractivity (Wildman–Crippen MR) is 156 cm³/mol. The van der Waals surface area contributed by atoms with Crippen molar-refractivity contribution >= 4 is 53.4 Å². The molecule has 3 unspecified atom stereocenters. The molecule has 3 aromatic rings. The van der Waals surface area contributed by atoms with Gasteiger partial charge in [-0.3, -0.25) is 9.59 Å². The molecule has 0 spiro atoms. The molecule has 3 atom stereocenters. The molecule has 14 heteroatoms. The van der Waals surface area contributed by atoms with E-state index in [2.05, 4.69) is 22.5 Å². The Morgan fingerprint density at radius 3 is 2.64 bits per heavy atom.